The van der Waals surface area contributed by atoms with E-state index in [1.807, 2.05) is 0 Å². The second kappa shape index (κ2) is 4.11. The minimum atomic E-state index is -4.67. The van der Waals surface area contributed by atoms with Crippen molar-refractivity contribution in [2.75, 3.05) is 0 Å². The maximum atomic E-state index is 13.1. The first-order chi connectivity index (χ1) is 6.73. The normalized spacial score (nSPS) is 11.7. The van der Waals surface area contributed by atoms with E-state index >= 15 is 0 Å². The van der Waals surface area contributed by atoms with Crippen LogP contribution in [0.25, 0.3) is 0 Å². The average Bonchev–Trinajstić information content (AvgIpc) is 2.06. The summed E-state index contributed by atoms with van der Waals surface area (Å²) in [4.78, 5) is 0. The number of hydrogen-bond acceptors (Lipinski definition) is 2. The molecule has 82 valence electrons. The highest BCUT2D eigenvalue weighted by atomic mass is 79.9. The first-order valence-corrected chi connectivity index (χ1v) is 4.45. The van der Waals surface area contributed by atoms with Crippen molar-refractivity contribution >= 4 is 28.5 Å². The first-order valence-electron chi connectivity index (χ1n) is 3.65. The summed E-state index contributed by atoms with van der Waals surface area (Å²) < 4.78 is 49.3. The van der Waals surface area contributed by atoms with Crippen molar-refractivity contribution in [2.24, 2.45) is 0 Å². The molecule has 2 N–H and O–H groups in total. The third-order valence-corrected chi connectivity index (χ3v) is 2.24. The zero-order chi connectivity index (χ0) is 11.8. The largest absolute Gasteiger partial charge is 0.491 e. The molecule has 0 radical (unpaired) electrons. The molecule has 1 rings (SSSR count). The molecule has 8 heteroatoms. The van der Waals surface area contributed by atoms with Crippen LogP contribution >= 0.6 is 15.9 Å². The summed E-state index contributed by atoms with van der Waals surface area (Å²) in [6.07, 6.45) is -4.67. The van der Waals surface area contributed by atoms with Gasteiger partial charge in [-0.15, -0.1) is 0 Å². The monoisotopic (exact) mass is 286 g/mol. The zero-order valence-corrected chi connectivity index (χ0v) is 8.60. The third-order valence-electron chi connectivity index (χ3n) is 1.66. The van der Waals surface area contributed by atoms with Gasteiger partial charge in [0.1, 0.15) is 5.82 Å². The second-order valence-electron chi connectivity index (χ2n) is 2.73. The van der Waals surface area contributed by atoms with Crippen LogP contribution in [0.2, 0.25) is 0 Å². The van der Waals surface area contributed by atoms with Crippen LogP contribution in [0.1, 0.15) is 5.56 Å². The van der Waals surface area contributed by atoms with Crippen LogP contribution in [-0.4, -0.2) is 17.2 Å². The average molecular weight is 287 g/mol. The van der Waals surface area contributed by atoms with Crippen LogP contribution in [0.5, 0.6) is 0 Å². The summed E-state index contributed by atoms with van der Waals surface area (Å²) in [7, 11) is -2.29. The molecular weight excluding hydrogens is 283 g/mol. The molecule has 0 unspecified atom stereocenters. The van der Waals surface area contributed by atoms with Gasteiger partial charge in [0, 0.05) is 5.46 Å². The van der Waals surface area contributed by atoms with E-state index in [1.165, 1.54) is 0 Å². The summed E-state index contributed by atoms with van der Waals surface area (Å²) in [5.74, 6) is -1.13. The van der Waals surface area contributed by atoms with Gasteiger partial charge in [-0.1, -0.05) is 0 Å². The highest BCUT2D eigenvalue weighted by Crippen LogP contribution is 2.31. The first kappa shape index (κ1) is 12.5. The van der Waals surface area contributed by atoms with Crippen LogP contribution in [0.15, 0.2) is 16.6 Å². The van der Waals surface area contributed by atoms with E-state index in [4.69, 9.17) is 10.0 Å². The molecule has 2 nitrogen and oxygen atoms in total. The van der Waals surface area contributed by atoms with Gasteiger partial charge in [0.25, 0.3) is 0 Å². The lowest BCUT2D eigenvalue weighted by molar-refractivity contribution is -0.137. The van der Waals surface area contributed by atoms with E-state index < -0.39 is 34.6 Å². The van der Waals surface area contributed by atoms with Gasteiger partial charge in [0.2, 0.25) is 0 Å². The summed E-state index contributed by atoms with van der Waals surface area (Å²) >= 11 is 2.56. The quantitative estimate of drug-likeness (QED) is 0.603. The highest BCUT2D eigenvalue weighted by Gasteiger charge is 2.33. The number of alkyl halides is 3. The van der Waals surface area contributed by atoms with Gasteiger partial charge in [-0.05, 0) is 28.1 Å². The Balaban J connectivity index is 3.36. The Kier molecular flexibility index (Phi) is 3.42. The molecule has 0 aromatic heterocycles. The Bertz CT molecular complexity index is 380. The number of hydrogen-bond donors (Lipinski definition) is 2. The van der Waals surface area contributed by atoms with Crippen LogP contribution in [0, 0.1) is 5.82 Å². The fraction of sp³-hybridized carbons (Fsp3) is 0.143. The standard InChI is InChI=1S/C7H4BBrF4O2/c9-5-2-3(7(11,12)13)1-4(6(5)10)8(14)15/h1-2,14-15H. The van der Waals surface area contributed by atoms with Crippen LogP contribution in [0.3, 0.4) is 0 Å². The smallest absolute Gasteiger partial charge is 0.423 e. The van der Waals surface area contributed by atoms with Gasteiger partial charge in [-0.25, -0.2) is 4.39 Å². The lowest BCUT2D eigenvalue weighted by atomic mass is 9.79. The van der Waals surface area contributed by atoms with Crippen molar-refractivity contribution in [3.63, 3.8) is 0 Å². The predicted molar refractivity (Wildman–Crippen MR) is 48.9 cm³/mol. The van der Waals surface area contributed by atoms with Crippen LogP contribution in [-0.2, 0) is 6.18 Å². The molecule has 0 aliphatic heterocycles. The molecule has 0 saturated heterocycles. The molecule has 0 aliphatic carbocycles. The minimum absolute atomic E-state index is 0.352. The van der Waals surface area contributed by atoms with Gasteiger partial charge in [0.05, 0.1) is 10.0 Å². The van der Waals surface area contributed by atoms with E-state index in [1.54, 1.807) is 0 Å². The summed E-state index contributed by atoms with van der Waals surface area (Å²) in [6.45, 7) is 0. The SMILES string of the molecule is OB(O)c1cc(C(F)(F)F)cc(Br)c1F. The van der Waals surface area contributed by atoms with Crippen LogP contribution < -0.4 is 5.46 Å². The van der Waals surface area contributed by atoms with Crippen molar-refractivity contribution in [1.82, 2.24) is 0 Å². The number of rotatable bonds is 1. The van der Waals surface area contributed by atoms with E-state index in [0.717, 1.165) is 0 Å². The van der Waals surface area contributed by atoms with Gasteiger partial charge in [-0.3, -0.25) is 0 Å². The summed E-state index contributed by atoms with van der Waals surface area (Å²) in [5.41, 5.74) is -1.98. The zero-order valence-electron chi connectivity index (χ0n) is 7.02. The van der Waals surface area contributed by atoms with Crippen molar-refractivity contribution in [3.05, 3.63) is 28.0 Å². The Labute approximate surface area is 90.8 Å². The summed E-state index contributed by atoms with van der Waals surface area (Å²) in [6, 6.07) is 0.881. The van der Waals surface area contributed by atoms with Gasteiger partial charge in [0.15, 0.2) is 0 Å². The van der Waals surface area contributed by atoms with Gasteiger partial charge < -0.3 is 10.0 Å². The second-order valence-corrected chi connectivity index (χ2v) is 3.59. The van der Waals surface area contributed by atoms with E-state index in [2.05, 4.69) is 15.9 Å². The fourth-order valence-electron chi connectivity index (χ4n) is 0.962. The molecule has 0 amide bonds. The van der Waals surface area contributed by atoms with Crippen molar-refractivity contribution in [2.45, 2.75) is 6.18 Å². The fourth-order valence-corrected chi connectivity index (χ4v) is 1.44. The van der Waals surface area contributed by atoms with Crippen LogP contribution in [0.4, 0.5) is 17.6 Å². The van der Waals surface area contributed by atoms with Gasteiger partial charge >= 0.3 is 13.3 Å². The Morgan fingerprint density at radius 2 is 1.73 bits per heavy atom. The predicted octanol–water partition coefficient (Wildman–Crippen LogP) is 1.29. The third kappa shape index (κ3) is 2.70. The Morgan fingerprint density at radius 3 is 2.13 bits per heavy atom. The molecule has 0 bridgehead atoms. The van der Waals surface area contributed by atoms with Crippen molar-refractivity contribution < 1.29 is 27.6 Å². The topological polar surface area (TPSA) is 40.5 Å². The Hall–Kier alpha value is -0.595. The molecule has 0 atom stereocenters. The molecule has 0 heterocycles. The van der Waals surface area contributed by atoms with Crippen molar-refractivity contribution in [3.8, 4) is 0 Å². The molecule has 0 spiro atoms. The Morgan fingerprint density at radius 1 is 1.20 bits per heavy atom. The molecule has 0 saturated carbocycles. The maximum absolute atomic E-state index is 13.1. The maximum Gasteiger partial charge on any atom is 0.491 e. The summed E-state index contributed by atoms with van der Waals surface area (Å²) in [5, 5.41) is 17.3. The lowest BCUT2D eigenvalue weighted by Gasteiger charge is -2.10. The van der Waals surface area contributed by atoms with E-state index in [0.29, 0.717) is 12.1 Å². The molecule has 1 aromatic carbocycles. The number of halogens is 5. The molecular formula is C7H4BBrF4O2. The van der Waals surface area contributed by atoms with Gasteiger partial charge in [-0.2, -0.15) is 13.2 Å². The minimum Gasteiger partial charge on any atom is -0.423 e. The van der Waals surface area contributed by atoms with E-state index in [9.17, 15) is 17.6 Å². The molecule has 0 fully saturated rings. The number of benzene rings is 1. The lowest BCUT2D eigenvalue weighted by Crippen LogP contribution is -2.34. The molecule has 15 heavy (non-hydrogen) atoms. The van der Waals surface area contributed by atoms with E-state index in [-0.39, 0.29) is 0 Å². The molecule has 1 aromatic rings. The molecule has 0 aliphatic rings. The highest BCUT2D eigenvalue weighted by molar-refractivity contribution is 9.10. The van der Waals surface area contributed by atoms with Crippen molar-refractivity contribution in [1.29, 1.82) is 0 Å².